The lowest BCUT2D eigenvalue weighted by Gasteiger charge is -2.22. The summed E-state index contributed by atoms with van der Waals surface area (Å²) < 4.78 is 0. The molecule has 1 N–H and O–H groups in total. The average Bonchev–Trinajstić information content (AvgIpc) is 2.33. The Bertz CT molecular complexity index is 191. The first kappa shape index (κ1) is 9.52. The molecule has 1 saturated heterocycles. The second kappa shape index (κ2) is 3.05. The lowest BCUT2D eigenvalue weighted by molar-refractivity contribution is -0.147. The highest BCUT2D eigenvalue weighted by molar-refractivity contribution is 5.74. The zero-order valence-corrected chi connectivity index (χ0v) is 8.00. The van der Waals surface area contributed by atoms with E-state index in [9.17, 15) is 4.79 Å². The quantitative estimate of drug-likeness (QED) is 0.678. The van der Waals surface area contributed by atoms with Gasteiger partial charge in [0.25, 0.3) is 0 Å². The molecule has 0 aromatic rings. The minimum Gasteiger partial charge on any atom is -0.481 e. The first-order valence-corrected chi connectivity index (χ1v) is 4.43. The molecule has 12 heavy (non-hydrogen) atoms. The van der Waals surface area contributed by atoms with Crippen molar-refractivity contribution >= 4 is 5.97 Å². The zero-order valence-electron chi connectivity index (χ0n) is 8.00. The minimum absolute atomic E-state index is 0.464. The van der Waals surface area contributed by atoms with Crippen LogP contribution in [0.15, 0.2) is 0 Å². The predicted octanol–water partition coefficient (Wildman–Crippen LogP) is 1.19. The third-order valence-electron chi connectivity index (χ3n) is 2.75. The predicted molar refractivity (Wildman–Crippen MR) is 47.1 cm³/mol. The minimum atomic E-state index is -0.661. The number of likely N-dealkylation sites (tertiary alicyclic amines) is 1. The summed E-state index contributed by atoms with van der Waals surface area (Å²) >= 11 is 0. The van der Waals surface area contributed by atoms with E-state index in [0.717, 1.165) is 13.0 Å². The summed E-state index contributed by atoms with van der Waals surface area (Å²) in [5.74, 6) is -0.661. The molecule has 0 aromatic heterocycles. The molecule has 1 aliphatic heterocycles. The summed E-state index contributed by atoms with van der Waals surface area (Å²) in [5, 5.41) is 8.95. The van der Waals surface area contributed by atoms with Crippen LogP contribution < -0.4 is 0 Å². The molecule has 0 spiro atoms. The summed E-state index contributed by atoms with van der Waals surface area (Å²) in [5.41, 5.74) is -0.510. The molecule has 3 heteroatoms. The first-order chi connectivity index (χ1) is 5.46. The van der Waals surface area contributed by atoms with Crippen molar-refractivity contribution in [2.75, 3.05) is 13.1 Å². The molecule has 0 bridgehead atoms. The molecular formula is C9H17NO2. The van der Waals surface area contributed by atoms with Crippen LogP contribution in [0.1, 0.15) is 27.2 Å². The van der Waals surface area contributed by atoms with E-state index < -0.39 is 11.4 Å². The Kier molecular flexibility index (Phi) is 2.42. The summed E-state index contributed by atoms with van der Waals surface area (Å²) in [6, 6.07) is 0.464. The number of hydrogen-bond donors (Lipinski definition) is 1. The summed E-state index contributed by atoms with van der Waals surface area (Å²) in [7, 11) is 0. The highest BCUT2D eigenvalue weighted by Crippen LogP contribution is 2.30. The molecule has 0 aliphatic carbocycles. The Hall–Kier alpha value is -0.570. The number of carbonyl (C=O) groups is 1. The van der Waals surface area contributed by atoms with Gasteiger partial charge in [0.15, 0.2) is 0 Å². The van der Waals surface area contributed by atoms with Gasteiger partial charge in [-0.3, -0.25) is 9.69 Å². The van der Waals surface area contributed by atoms with Crippen LogP contribution in [0.4, 0.5) is 0 Å². The number of carboxylic acid groups (broad SMARTS) is 1. The van der Waals surface area contributed by atoms with Gasteiger partial charge in [-0.2, -0.15) is 0 Å². The van der Waals surface area contributed by atoms with Gasteiger partial charge in [0.1, 0.15) is 0 Å². The lowest BCUT2D eigenvalue weighted by atomic mass is 9.90. The third-order valence-corrected chi connectivity index (χ3v) is 2.75. The van der Waals surface area contributed by atoms with Gasteiger partial charge in [0.05, 0.1) is 5.41 Å². The molecule has 1 aliphatic rings. The molecule has 1 rings (SSSR count). The normalized spacial score (nSPS) is 31.3. The lowest BCUT2D eigenvalue weighted by Crippen LogP contribution is -2.34. The van der Waals surface area contributed by atoms with E-state index in [0.29, 0.717) is 12.6 Å². The molecule has 0 aromatic carbocycles. The van der Waals surface area contributed by atoms with Crippen LogP contribution in [0.3, 0.4) is 0 Å². The first-order valence-electron chi connectivity index (χ1n) is 4.43. The van der Waals surface area contributed by atoms with E-state index in [-0.39, 0.29) is 0 Å². The smallest absolute Gasteiger partial charge is 0.310 e. The van der Waals surface area contributed by atoms with Crippen LogP contribution in [0.25, 0.3) is 0 Å². The summed E-state index contributed by atoms with van der Waals surface area (Å²) in [4.78, 5) is 13.1. The van der Waals surface area contributed by atoms with Crippen LogP contribution in [0.2, 0.25) is 0 Å². The van der Waals surface area contributed by atoms with E-state index in [4.69, 9.17) is 5.11 Å². The van der Waals surface area contributed by atoms with Crippen LogP contribution >= 0.6 is 0 Å². The number of carboxylic acids is 1. The number of nitrogens with zero attached hydrogens (tertiary/aromatic N) is 1. The highest BCUT2D eigenvalue weighted by atomic mass is 16.4. The summed E-state index contributed by atoms with van der Waals surface area (Å²) in [6.45, 7) is 7.65. The fraction of sp³-hybridized carbons (Fsp3) is 0.889. The number of aliphatic carboxylic acids is 1. The van der Waals surface area contributed by atoms with Gasteiger partial charge in [-0.05, 0) is 33.7 Å². The Morgan fingerprint density at radius 1 is 1.58 bits per heavy atom. The van der Waals surface area contributed by atoms with Crippen molar-refractivity contribution in [3.8, 4) is 0 Å². The topological polar surface area (TPSA) is 40.5 Å². The van der Waals surface area contributed by atoms with Gasteiger partial charge in [0, 0.05) is 12.6 Å². The molecule has 1 atom stereocenters. The molecule has 0 saturated carbocycles. The molecule has 70 valence electrons. The number of hydrogen-bond acceptors (Lipinski definition) is 2. The molecule has 3 nitrogen and oxygen atoms in total. The van der Waals surface area contributed by atoms with Crippen molar-refractivity contribution in [2.24, 2.45) is 5.41 Å². The van der Waals surface area contributed by atoms with E-state index in [1.54, 1.807) is 0 Å². The van der Waals surface area contributed by atoms with Gasteiger partial charge < -0.3 is 5.11 Å². The van der Waals surface area contributed by atoms with Crippen LogP contribution in [0.5, 0.6) is 0 Å². The van der Waals surface area contributed by atoms with E-state index in [1.165, 1.54) is 0 Å². The molecule has 0 radical (unpaired) electrons. The SMILES string of the molecule is CC(C)N1CCC(C)(C(=O)O)C1. The molecular weight excluding hydrogens is 154 g/mol. The fourth-order valence-corrected chi connectivity index (χ4v) is 1.61. The largest absolute Gasteiger partial charge is 0.481 e. The Morgan fingerprint density at radius 2 is 2.17 bits per heavy atom. The maximum absolute atomic E-state index is 10.9. The van der Waals surface area contributed by atoms with Crippen molar-refractivity contribution < 1.29 is 9.90 Å². The van der Waals surface area contributed by atoms with Crippen molar-refractivity contribution in [3.05, 3.63) is 0 Å². The van der Waals surface area contributed by atoms with Gasteiger partial charge in [-0.25, -0.2) is 0 Å². The van der Waals surface area contributed by atoms with Crippen LogP contribution in [0, 0.1) is 5.41 Å². The third kappa shape index (κ3) is 1.61. The van der Waals surface area contributed by atoms with Crippen LogP contribution in [-0.4, -0.2) is 35.1 Å². The van der Waals surface area contributed by atoms with Gasteiger partial charge in [0.2, 0.25) is 0 Å². The monoisotopic (exact) mass is 171 g/mol. The van der Waals surface area contributed by atoms with Crippen molar-refractivity contribution in [2.45, 2.75) is 33.2 Å². The van der Waals surface area contributed by atoms with Gasteiger partial charge in [-0.15, -0.1) is 0 Å². The second-order valence-electron chi connectivity index (χ2n) is 4.18. The van der Waals surface area contributed by atoms with Crippen LogP contribution in [-0.2, 0) is 4.79 Å². The van der Waals surface area contributed by atoms with Gasteiger partial charge in [-0.1, -0.05) is 0 Å². The molecule has 1 fully saturated rings. The Morgan fingerprint density at radius 3 is 2.42 bits per heavy atom. The zero-order chi connectivity index (χ0) is 9.35. The molecule has 1 unspecified atom stereocenters. The Labute approximate surface area is 73.4 Å². The highest BCUT2D eigenvalue weighted by Gasteiger charge is 2.40. The van der Waals surface area contributed by atoms with Gasteiger partial charge >= 0.3 is 5.97 Å². The number of rotatable bonds is 2. The van der Waals surface area contributed by atoms with E-state index >= 15 is 0 Å². The maximum Gasteiger partial charge on any atom is 0.310 e. The average molecular weight is 171 g/mol. The molecule has 1 heterocycles. The second-order valence-corrected chi connectivity index (χ2v) is 4.18. The van der Waals surface area contributed by atoms with Crippen molar-refractivity contribution in [3.63, 3.8) is 0 Å². The Balaban J connectivity index is 2.61. The fourth-order valence-electron chi connectivity index (χ4n) is 1.61. The summed E-state index contributed by atoms with van der Waals surface area (Å²) in [6.07, 6.45) is 0.778. The standard InChI is InChI=1S/C9H17NO2/c1-7(2)10-5-4-9(3,6-10)8(11)12/h7H,4-6H2,1-3H3,(H,11,12). The molecule has 0 amide bonds. The van der Waals surface area contributed by atoms with E-state index in [2.05, 4.69) is 18.7 Å². The van der Waals surface area contributed by atoms with Crippen molar-refractivity contribution in [1.29, 1.82) is 0 Å². The maximum atomic E-state index is 10.9. The van der Waals surface area contributed by atoms with Crippen molar-refractivity contribution in [1.82, 2.24) is 4.90 Å². The van der Waals surface area contributed by atoms with E-state index in [1.807, 2.05) is 6.92 Å².